The molecule has 0 amide bonds. The molecule has 0 aromatic carbocycles. The van der Waals surface area contributed by atoms with E-state index in [4.69, 9.17) is 9.26 Å². The molecule has 0 aliphatic heterocycles. The first kappa shape index (κ1) is 14.0. The van der Waals surface area contributed by atoms with Crippen LogP contribution in [0.1, 0.15) is 27.5 Å². The van der Waals surface area contributed by atoms with Crippen LogP contribution < -0.4 is 5.56 Å². The summed E-state index contributed by atoms with van der Waals surface area (Å²) in [6, 6.07) is 6.41. The Kier molecular flexibility index (Phi) is 3.46. The van der Waals surface area contributed by atoms with Gasteiger partial charge in [-0.2, -0.15) is 0 Å². The van der Waals surface area contributed by atoms with Crippen molar-refractivity contribution in [2.24, 2.45) is 0 Å². The molecule has 0 saturated carbocycles. The molecular formula is C15H13N3O4. The number of rotatable bonds is 3. The SMILES string of the molecule is Cc1ccc2nc(COC(=O)c3cc(C)no3)cc(=O)n2c1. The minimum atomic E-state index is -0.647. The number of carbonyl (C=O) groups is 1. The van der Waals surface area contributed by atoms with Crippen molar-refractivity contribution in [2.75, 3.05) is 0 Å². The highest BCUT2D eigenvalue weighted by atomic mass is 16.6. The van der Waals surface area contributed by atoms with Crippen LogP contribution in [0.3, 0.4) is 0 Å². The molecule has 0 unspecified atom stereocenters. The Morgan fingerprint density at radius 3 is 2.86 bits per heavy atom. The maximum absolute atomic E-state index is 12.0. The molecule has 0 atom stereocenters. The molecule has 7 heteroatoms. The van der Waals surface area contributed by atoms with Gasteiger partial charge in [-0.1, -0.05) is 11.2 Å². The Labute approximate surface area is 125 Å². The van der Waals surface area contributed by atoms with Gasteiger partial charge < -0.3 is 9.26 Å². The first-order chi connectivity index (χ1) is 10.5. The Morgan fingerprint density at radius 2 is 2.14 bits per heavy atom. The van der Waals surface area contributed by atoms with Gasteiger partial charge in [0.15, 0.2) is 0 Å². The van der Waals surface area contributed by atoms with Crippen molar-refractivity contribution in [3.8, 4) is 0 Å². The van der Waals surface area contributed by atoms with E-state index in [2.05, 4.69) is 10.1 Å². The number of aromatic nitrogens is 3. The van der Waals surface area contributed by atoms with Gasteiger partial charge in [-0.25, -0.2) is 9.78 Å². The van der Waals surface area contributed by atoms with E-state index < -0.39 is 5.97 Å². The van der Waals surface area contributed by atoms with Gasteiger partial charge in [-0.05, 0) is 25.5 Å². The predicted octanol–water partition coefficient (Wildman–Crippen LogP) is 1.66. The number of aryl methyl sites for hydroxylation is 2. The lowest BCUT2D eigenvalue weighted by molar-refractivity contribution is 0.0421. The van der Waals surface area contributed by atoms with E-state index in [-0.39, 0.29) is 17.9 Å². The number of esters is 1. The van der Waals surface area contributed by atoms with Crippen LogP contribution in [0.5, 0.6) is 0 Å². The summed E-state index contributed by atoms with van der Waals surface area (Å²) in [5.41, 5.74) is 2.19. The van der Waals surface area contributed by atoms with Crippen LogP contribution in [0.2, 0.25) is 0 Å². The van der Waals surface area contributed by atoms with E-state index in [0.29, 0.717) is 17.0 Å². The predicted molar refractivity (Wildman–Crippen MR) is 76.6 cm³/mol. The van der Waals surface area contributed by atoms with Crippen LogP contribution in [0.15, 0.2) is 39.8 Å². The molecule has 3 rings (SSSR count). The van der Waals surface area contributed by atoms with Crippen molar-refractivity contribution in [3.63, 3.8) is 0 Å². The first-order valence-electron chi connectivity index (χ1n) is 6.62. The smallest absolute Gasteiger partial charge is 0.377 e. The summed E-state index contributed by atoms with van der Waals surface area (Å²) in [6.07, 6.45) is 1.71. The normalized spacial score (nSPS) is 10.8. The number of hydrogen-bond acceptors (Lipinski definition) is 6. The highest BCUT2D eigenvalue weighted by Gasteiger charge is 2.14. The molecule has 0 aliphatic rings. The van der Waals surface area contributed by atoms with Crippen molar-refractivity contribution in [1.82, 2.24) is 14.5 Å². The molecule has 112 valence electrons. The van der Waals surface area contributed by atoms with Gasteiger partial charge >= 0.3 is 5.97 Å². The topological polar surface area (TPSA) is 86.7 Å². The monoisotopic (exact) mass is 299 g/mol. The third-order valence-corrected chi connectivity index (χ3v) is 3.04. The average molecular weight is 299 g/mol. The van der Waals surface area contributed by atoms with Gasteiger partial charge in [0.25, 0.3) is 5.56 Å². The fourth-order valence-corrected chi connectivity index (χ4v) is 2.00. The van der Waals surface area contributed by atoms with Gasteiger partial charge in [-0.3, -0.25) is 9.20 Å². The first-order valence-corrected chi connectivity index (χ1v) is 6.62. The van der Waals surface area contributed by atoms with E-state index in [1.54, 1.807) is 19.2 Å². The van der Waals surface area contributed by atoms with Crippen LogP contribution >= 0.6 is 0 Å². The number of pyridine rings is 1. The molecule has 3 aromatic rings. The molecule has 0 radical (unpaired) electrons. The van der Waals surface area contributed by atoms with E-state index in [0.717, 1.165) is 5.56 Å². The summed E-state index contributed by atoms with van der Waals surface area (Å²) in [4.78, 5) is 28.1. The highest BCUT2D eigenvalue weighted by Crippen LogP contribution is 2.07. The Morgan fingerprint density at radius 1 is 1.32 bits per heavy atom. The van der Waals surface area contributed by atoms with Crippen LogP contribution in [-0.4, -0.2) is 20.5 Å². The molecule has 22 heavy (non-hydrogen) atoms. The summed E-state index contributed by atoms with van der Waals surface area (Å²) < 4.78 is 11.3. The van der Waals surface area contributed by atoms with Crippen molar-refractivity contribution in [2.45, 2.75) is 20.5 Å². The van der Waals surface area contributed by atoms with Crippen LogP contribution in [0.4, 0.5) is 0 Å². The Balaban J connectivity index is 1.81. The third kappa shape index (κ3) is 2.73. The van der Waals surface area contributed by atoms with Gasteiger partial charge in [0.1, 0.15) is 12.3 Å². The standard InChI is InChI=1S/C15H13N3O4/c1-9-3-4-13-16-11(6-14(19)18(13)7-9)8-21-15(20)12-5-10(2)17-22-12/h3-7H,8H2,1-2H3. The molecule has 0 fully saturated rings. The summed E-state index contributed by atoms with van der Waals surface area (Å²) in [6.45, 7) is 3.48. The van der Waals surface area contributed by atoms with E-state index in [1.165, 1.54) is 16.5 Å². The molecule has 0 spiro atoms. The fourth-order valence-electron chi connectivity index (χ4n) is 2.00. The number of carbonyl (C=O) groups excluding carboxylic acids is 1. The molecule has 0 N–H and O–H groups in total. The van der Waals surface area contributed by atoms with Crippen molar-refractivity contribution in [3.05, 3.63) is 63.5 Å². The largest absolute Gasteiger partial charge is 0.453 e. The lowest BCUT2D eigenvalue weighted by Gasteiger charge is -2.05. The van der Waals surface area contributed by atoms with Gasteiger partial charge in [0, 0.05) is 18.3 Å². The molecule has 7 nitrogen and oxygen atoms in total. The van der Waals surface area contributed by atoms with E-state index >= 15 is 0 Å². The quantitative estimate of drug-likeness (QED) is 0.683. The maximum Gasteiger partial charge on any atom is 0.377 e. The lowest BCUT2D eigenvalue weighted by atomic mass is 10.3. The molecule has 0 bridgehead atoms. The van der Waals surface area contributed by atoms with Crippen LogP contribution in [-0.2, 0) is 11.3 Å². The van der Waals surface area contributed by atoms with Crippen molar-refractivity contribution < 1.29 is 14.1 Å². The molecule has 0 saturated heterocycles. The van der Waals surface area contributed by atoms with E-state index in [9.17, 15) is 9.59 Å². The van der Waals surface area contributed by atoms with Gasteiger partial charge in [-0.15, -0.1) is 0 Å². The maximum atomic E-state index is 12.0. The summed E-state index contributed by atoms with van der Waals surface area (Å²) >= 11 is 0. The van der Waals surface area contributed by atoms with Gasteiger partial charge in [0.2, 0.25) is 5.76 Å². The second-order valence-corrected chi connectivity index (χ2v) is 4.93. The number of nitrogens with zero attached hydrogens (tertiary/aromatic N) is 3. The molecular weight excluding hydrogens is 286 g/mol. The highest BCUT2D eigenvalue weighted by molar-refractivity contribution is 5.86. The number of fused-ring (bicyclic) bond motifs is 1. The lowest BCUT2D eigenvalue weighted by Crippen LogP contribution is -2.16. The third-order valence-electron chi connectivity index (χ3n) is 3.04. The van der Waals surface area contributed by atoms with Crippen molar-refractivity contribution in [1.29, 1.82) is 0 Å². The number of ether oxygens (including phenoxy) is 1. The van der Waals surface area contributed by atoms with Crippen LogP contribution in [0.25, 0.3) is 5.65 Å². The molecule has 3 aromatic heterocycles. The molecule has 3 heterocycles. The summed E-state index contributed by atoms with van der Waals surface area (Å²) in [5, 5.41) is 3.61. The minimum absolute atomic E-state index is 0.0191. The minimum Gasteiger partial charge on any atom is -0.453 e. The second kappa shape index (κ2) is 5.44. The zero-order valence-corrected chi connectivity index (χ0v) is 12.1. The zero-order chi connectivity index (χ0) is 15.7. The number of hydrogen-bond donors (Lipinski definition) is 0. The Bertz CT molecular complexity index is 911. The van der Waals surface area contributed by atoms with Crippen LogP contribution in [0, 0.1) is 13.8 Å². The zero-order valence-electron chi connectivity index (χ0n) is 12.1. The summed E-state index contributed by atoms with van der Waals surface area (Å²) in [7, 11) is 0. The van der Waals surface area contributed by atoms with E-state index in [1.807, 2.05) is 13.0 Å². The molecule has 0 aliphatic carbocycles. The fraction of sp³-hybridized carbons (Fsp3) is 0.200. The van der Waals surface area contributed by atoms with Gasteiger partial charge in [0.05, 0.1) is 11.4 Å². The van der Waals surface area contributed by atoms with Crippen molar-refractivity contribution >= 4 is 11.6 Å². The second-order valence-electron chi connectivity index (χ2n) is 4.93. The summed E-state index contributed by atoms with van der Waals surface area (Å²) in [5.74, 6) is -0.628. The average Bonchev–Trinajstić information content (AvgIpc) is 2.92. The Hall–Kier alpha value is -2.96.